The van der Waals surface area contributed by atoms with Gasteiger partial charge in [0.05, 0.1) is 37.5 Å². The minimum Gasteiger partial charge on any atom is -0.472 e. The summed E-state index contributed by atoms with van der Waals surface area (Å²) in [5.74, 6) is -2.52. The largest absolute Gasteiger partial charge is 0.472 e. The first-order valence-corrected chi connectivity index (χ1v) is 11.7. The Morgan fingerprint density at radius 1 is 1.24 bits per heavy atom. The predicted octanol–water partition coefficient (Wildman–Crippen LogP) is 3.31. The zero-order chi connectivity index (χ0) is 24.1. The summed E-state index contributed by atoms with van der Waals surface area (Å²) >= 11 is 0. The summed E-state index contributed by atoms with van der Waals surface area (Å²) in [5, 5.41) is 0. The Morgan fingerprint density at radius 3 is 2.58 bits per heavy atom. The van der Waals surface area contributed by atoms with E-state index in [9.17, 15) is 19.2 Å². The SMILES string of the molecule is CCC(=O)N(C)[C@@H]1C[C@@H](C(=O)OC)[C@]2(C)CC[C@H]3C(=O)O[C@H](c4ccoc4)C[C@]3(C)[C@H]2C1=O. The summed E-state index contributed by atoms with van der Waals surface area (Å²) in [6.07, 6.45) is 4.57. The molecule has 4 rings (SSSR count). The van der Waals surface area contributed by atoms with Crippen LogP contribution in [0.3, 0.4) is 0 Å². The molecule has 1 aromatic rings. The quantitative estimate of drug-likeness (QED) is 0.637. The molecule has 1 aromatic heterocycles. The summed E-state index contributed by atoms with van der Waals surface area (Å²) in [5.41, 5.74) is -0.666. The molecule has 3 aliphatic rings. The first-order valence-electron chi connectivity index (χ1n) is 11.7. The Hall–Kier alpha value is -2.64. The zero-order valence-electron chi connectivity index (χ0n) is 20.0. The van der Waals surface area contributed by atoms with E-state index in [1.54, 1.807) is 26.3 Å². The molecule has 2 heterocycles. The van der Waals surface area contributed by atoms with Crippen LogP contribution in [0.5, 0.6) is 0 Å². The van der Waals surface area contributed by atoms with Crippen molar-refractivity contribution in [3.63, 3.8) is 0 Å². The Morgan fingerprint density at radius 2 is 1.97 bits per heavy atom. The van der Waals surface area contributed by atoms with Crippen molar-refractivity contribution < 1.29 is 33.1 Å². The minimum atomic E-state index is -0.736. The molecule has 0 bridgehead atoms. The molecule has 3 fully saturated rings. The van der Waals surface area contributed by atoms with Gasteiger partial charge in [0.25, 0.3) is 0 Å². The molecule has 1 saturated heterocycles. The second kappa shape index (κ2) is 8.29. The monoisotopic (exact) mass is 459 g/mol. The lowest BCUT2D eigenvalue weighted by Crippen LogP contribution is -2.66. The number of esters is 2. The Balaban J connectivity index is 1.81. The summed E-state index contributed by atoms with van der Waals surface area (Å²) in [6, 6.07) is 1.03. The van der Waals surface area contributed by atoms with Gasteiger partial charge in [-0.05, 0) is 42.6 Å². The van der Waals surface area contributed by atoms with Crippen molar-refractivity contribution in [3.05, 3.63) is 24.2 Å². The molecule has 0 spiro atoms. The van der Waals surface area contributed by atoms with Gasteiger partial charge in [0.2, 0.25) is 5.91 Å². The van der Waals surface area contributed by atoms with Gasteiger partial charge < -0.3 is 18.8 Å². The third kappa shape index (κ3) is 3.49. The number of nitrogens with zero attached hydrogens (tertiary/aromatic N) is 1. The van der Waals surface area contributed by atoms with Gasteiger partial charge in [-0.2, -0.15) is 0 Å². The molecule has 1 aliphatic heterocycles. The van der Waals surface area contributed by atoms with Crippen LogP contribution in [0.25, 0.3) is 0 Å². The van der Waals surface area contributed by atoms with Crippen molar-refractivity contribution in [3.8, 4) is 0 Å². The maximum atomic E-state index is 14.1. The molecule has 0 radical (unpaired) electrons. The topological polar surface area (TPSA) is 103 Å². The normalized spacial score (nSPS) is 38.0. The summed E-state index contributed by atoms with van der Waals surface area (Å²) in [6.45, 7) is 5.70. The molecule has 2 saturated carbocycles. The molecule has 8 heteroatoms. The van der Waals surface area contributed by atoms with Crippen LogP contribution in [0, 0.1) is 28.6 Å². The first-order chi connectivity index (χ1) is 15.6. The molecule has 0 aromatic carbocycles. The Bertz CT molecular complexity index is 956. The number of fused-ring (bicyclic) bond motifs is 3. The van der Waals surface area contributed by atoms with Gasteiger partial charge in [-0.3, -0.25) is 19.2 Å². The second-order valence-electron chi connectivity index (χ2n) is 10.3. The maximum absolute atomic E-state index is 14.1. The van der Waals surface area contributed by atoms with Crippen LogP contribution < -0.4 is 0 Å². The Kier molecular flexibility index (Phi) is 5.91. The highest BCUT2D eigenvalue weighted by atomic mass is 16.5. The van der Waals surface area contributed by atoms with Gasteiger partial charge in [-0.1, -0.05) is 20.8 Å². The predicted molar refractivity (Wildman–Crippen MR) is 117 cm³/mol. The fraction of sp³-hybridized carbons (Fsp3) is 0.680. The third-order valence-corrected chi connectivity index (χ3v) is 8.69. The number of carbonyl (C=O) groups excluding carboxylic acids is 4. The Labute approximate surface area is 194 Å². The maximum Gasteiger partial charge on any atom is 0.310 e. The molecule has 8 nitrogen and oxygen atoms in total. The van der Waals surface area contributed by atoms with E-state index in [-0.39, 0.29) is 36.5 Å². The average Bonchev–Trinajstić information content (AvgIpc) is 3.32. The van der Waals surface area contributed by atoms with Gasteiger partial charge in [0.15, 0.2) is 5.78 Å². The number of furan rings is 1. The lowest BCUT2D eigenvalue weighted by molar-refractivity contribution is -0.206. The van der Waals surface area contributed by atoms with Crippen LogP contribution in [0.4, 0.5) is 0 Å². The molecule has 7 atom stereocenters. The molecule has 2 aliphatic carbocycles. The highest BCUT2D eigenvalue weighted by molar-refractivity contribution is 5.95. The number of methoxy groups -OCH3 is 1. The summed E-state index contributed by atoms with van der Waals surface area (Å²) in [4.78, 5) is 54.3. The number of ether oxygens (including phenoxy) is 2. The van der Waals surface area contributed by atoms with E-state index in [1.807, 2.05) is 13.8 Å². The van der Waals surface area contributed by atoms with E-state index in [2.05, 4.69) is 0 Å². The van der Waals surface area contributed by atoms with Gasteiger partial charge in [0, 0.05) is 24.9 Å². The van der Waals surface area contributed by atoms with Crippen molar-refractivity contribution in [2.24, 2.45) is 28.6 Å². The number of rotatable bonds is 4. The smallest absolute Gasteiger partial charge is 0.310 e. The minimum absolute atomic E-state index is 0.0743. The number of cyclic esters (lactones) is 1. The van der Waals surface area contributed by atoms with E-state index < -0.39 is 40.7 Å². The van der Waals surface area contributed by atoms with Crippen LogP contribution >= 0.6 is 0 Å². The van der Waals surface area contributed by atoms with E-state index in [0.29, 0.717) is 19.3 Å². The lowest BCUT2D eigenvalue weighted by atomic mass is 9.42. The highest BCUT2D eigenvalue weighted by Gasteiger charge is 2.67. The molecular weight excluding hydrogens is 426 g/mol. The van der Waals surface area contributed by atoms with E-state index in [4.69, 9.17) is 13.9 Å². The average molecular weight is 460 g/mol. The van der Waals surface area contributed by atoms with Crippen molar-refractivity contribution >= 4 is 23.6 Å². The van der Waals surface area contributed by atoms with Crippen molar-refractivity contribution in [2.45, 2.75) is 65.0 Å². The fourth-order valence-corrected chi connectivity index (χ4v) is 6.94. The second-order valence-corrected chi connectivity index (χ2v) is 10.3. The molecule has 33 heavy (non-hydrogen) atoms. The van der Waals surface area contributed by atoms with E-state index in [1.165, 1.54) is 18.3 Å². The number of likely N-dealkylation sites (N-methyl/N-ethyl adjacent to an activating group) is 1. The van der Waals surface area contributed by atoms with Crippen LogP contribution in [0.1, 0.15) is 64.5 Å². The highest BCUT2D eigenvalue weighted by Crippen LogP contribution is 2.65. The standard InChI is InChI=1S/C25H33NO7/c1-6-19(27)26(4)17-11-16(22(29)31-5)24(2)9-7-15-23(30)33-18(14-8-10-32-13-14)12-25(15,3)21(24)20(17)28/h8,10,13,15-18,21H,6-7,9,11-12H2,1-5H3/t15-,16-,17+,18-,21-,24-,25-/m0/s1. The zero-order valence-corrected chi connectivity index (χ0v) is 20.0. The molecule has 0 unspecified atom stereocenters. The number of hydrogen-bond acceptors (Lipinski definition) is 7. The van der Waals surface area contributed by atoms with Crippen LogP contribution in [0.15, 0.2) is 23.0 Å². The fourth-order valence-electron chi connectivity index (χ4n) is 6.94. The van der Waals surface area contributed by atoms with Crippen LogP contribution in [-0.4, -0.2) is 48.7 Å². The lowest BCUT2D eigenvalue weighted by Gasteiger charge is -2.61. The van der Waals surface area contributed by atoms with Gasteiger partial charge in [-0.25, -0.2) is 0 Å². The summed E-state index contributed by atoms with van der Waals surface area (Å²) < 4.78 is 16.1. The van der Waals surface area contributed by atoms with Gasteiger partial charge in [-0.15, -0.1) is 0 Å². The van der Waals surface area contributed by atoms with Crippen molar-refractivity contribution in [1.82, 2.24) is 4.90 Å². The number of ketones is 1. The third-order valence-electron chi connectivity index (χ3n) is 8.69. The first kappa shape index (κ1) is 23.5. The number of carbonyl (C=O) groups is 4. The van der Waals surface area contributed by atoms with Crippen molar-refractivity contribution in [1.29, 1.82) is 0 Å². The van der Waals surface area contributed by atoms with E-state index in [0.717, 1.165) is 5.56 Å². The molecule has 0 N–H and O–H groups in total. The van der Waals surface area contributed by atoms with Crippen LogP contribution in [0.2, 0.25) is 0 Å². The number of Topliss-reactive ketones (excluding diaryl/α,β-unsaturated/α-hetero) is 1. The number of hydrogen-bond donors (Lipinski definition) is 0. The van der Waals surface area contributed by atoms with Crippen molar-refractivity contribution in [2.75, 3.05) is 14.2 Å². The van der Waals surface area contributed by atoms with Crippen LogP contribution in [-0.2, 0) is 28.7 Å². The molecule has 180 valence electrons. The van der Waals surface area contributed by atoms with Gasteiger partial charge >= 0.3 is 11.9 Å². The number of amides is 1. The van der Waals surface area contributed by atoms with Gasteiger partial charge in [0.1, 0.15) is 6.10 Å². The van der Waals surface area contributed by atoms with E-state index >= 15 is 0 Å². The molecule has 1 amide bonds. The summed E-state index contributed by atoms with van der Waals surface area (Å²) in [7, 11) is 2.98. The molecular formula is C25H33NO7.